The fourth-order valence-corrected chi connectivity index (χ4v) is 2.63. The predicted molar refractivity (Wildman–Crippen MR) is 94.0 cm³/mol. The van der Waals surface area contributed by atoms with Gasteiger partial charge in [-0.1, -0.05) is 12.1 Å². The van der Waals surface area contributed by atoms with E-state index in [1.807, 2.05) is 0 Å². The highest BCUT2D eigenvalue weighted by Gasteiger charge is 2.15. The van der Waals surface area contributed by atoms with Gasteiger partial charge in [0.2, 0.25) is 5.43 Å². The lowest BCUT2D eigenvalue weighted by Crippen LogP contribution is -2.15. The summed E-state index contributed by atoms with van der Waals surface area (Å²) in [6.07, 6.45) is 3.02. The number of aromatic nitrogens is 4. The van der Waals surface area contributed by atoms with Gasteiger partial charge in [0.05, 0.1) is 17.6 Å². The van der Waals surface area contributed by atoms with E-state index in [9.17, 15) is 14.3 Å². The molecule has 0 unspecified atom stereocenters. The van der Waals surface area contributed by atoms with E-state index in [0.717, 1.165) is 0 Å². The minimum atomic E-state index is -0.452. The summed E-state index contributed by atoms with van der Waals surface area (Å²) >= 11 is 0. The Hall–Kier alpha value is -3.74. The molecule has 6 nitrogen and oxygen atoms in total. The molecule has 0 saturated carbocycles. The van der Waals surface area contributed by atoms with E-state index in [2.05, 4.69) is 10.2 Å². The van der Waals surface area contributed by atoms with Crippen molar-refractivity contribution in [2.75, 3.05) is 0 Å². The molecule has 4 rings (SSSR count). The summed E-state index contributed by atoms with van der Waals surface area (Å²) in [4.78, 5) is 12.4. The van der Waals surface area contributed by atoms with Gasteiger partial charge in [0.15, 0.2) is 5.69 Å². The van der Waals surface area contributed by atoms with Crippen molar-refractivity contribution in [2.24, 2.45) is 0 Å². The first-order chi connectivity index (χ1) is 12.6. The fraction of sp³-hybridized carbons (Fsp3) is 0. The van der Waals surface area contributed by atoms with Crippen molar-refractivity contribution in [3.05, 3.63) is 89.1 Å². The number of hydrogen-bond donors (Lipinski definition) is 1. The third kappa shape index (κ3) is 2.75. The Morgan fingerprint density at radius 1 is 0.962 bits per heavy atom. The van der Waals surface area contributed by atoms with Crippen LogP contribution in [0.5, 0.6) is 5.75 Å². The quantitative estimate of drug-likeness (QED) is 0.618. The van der Waals surface area contributed by atoms with Crippen LogP contribution in [-0.4, -0.2) is 24.7 Å². The van der Waals surface area contributed by atoms with Gasteiger partial charge in [-0.15, -0.1) is 0 Å². The number of phenolic OH excluding ortho intramolecular Hbond substituents is 1. The van der Waals surface area contributed by atoms with Crippen LogP contribution in [0.15, 0.2) is 77.9 Å². The molecular weight excluding hydrogens is 335 g/mol. The second-order valence-electron chi connectivity index (χ2n) is 5.57. The first-order valence-electron chi connectivity index (χ1n) is 7.82. The first-order valence-corrected chi connectivity index (χ1v) is 7.82. The third-order valence-electron chi connectivity index (χ3n) is 3.89. The number of hydrogen-bond acceptors (Lipinski definition) is 4. The van der Waals surface area contributed by atoms with Gasteiger partial charge in [-0.3, -0.25) is 4.79 Å². The van der Waals surface area contributed by atoms with Gasteiger partial charge >= 0.3 is 0 Å². The average Bonchev–Trinajstić information content (AvgIpc) is 3.12. The van der Waals surface area contributed by atoms with Crippen LogP contribution in [0.25, 0.3) is 22.8 Å². The molecule has 0 spiro atoms. The molecule has 4 aromatic rings. The van der Waals surface area contributed by atoms with E-state index < -0.39 is 5.82 Å². The Morgan fingerprint density at radius 3 is 2.50 bits per heavy atom. The third-order valence-corrected chi connectivity index (χ3v) is 3.89. The van der Waals surface area contributed by atoms with E-state index in [-0.39, 0.29) is 22.6 Å². The second kappa shape index (κ2) is 6.29. The summed E-state index contributed by atoms with van der Waals surface area (Å²) < 4.78 is 17.0. The van der Waals surface area contributed by atoms with Crippen molar-refractivity contribution in [1.82, 2.24) is 19.6 Å². The molecule has 7 heteroatoms. The Bertz CT molecular complexity index is 1130. The van der Waals surface area contributed by atoms with Crippen LogP contribution < -0.4 is 5.43 Å². The van der Waals surface area contributed by atoms with Crippen LogP contribution >= 0.6 is 0 Å². The molecular formula is C19H13FN4O2. The van der Waals surface area contributed by atoms with Crippen LogP contribution in [-0.2, 0) is 0 Å². The second-order valence-corrected chi connectivity index (χ2v) is 5.57. The molecule has 0 bridgehead atoms. The van der Waals surface area contributed by atoms with Crippen LogP contribution in [0, 0.1) is 5.82 Å². The topological polar surface area (TPSA) is 72.9 Å². The summed E-state index contributed by atoms with van der Waals surface area (Å²) in [7, 11) is 0. The molecule has 0 saturated heterocycles. The molecule has 26 heavy (non-hydrogen) atoms. The zero-order valence-electron chi connectivity index (χ0n) is 13.5. The molecule has 0 aliphatic rings. The van der Waals surface area contributed by atoms with E-state index in [0.29, 0.717) is 11.4 Å². The van der Waals surface area contributed by atoms with Gasteiger partial charge < -0.3 is 5.11 Å². The van der Waals surface area contributed by atoms with Gasteiger partial charge in [0.25, 0.3) is 0 Å². The maximum Gasteiger partial charge on any atom is 0.209 e. The van der Waals surface area contributed by atoms with Crippen molar-refractivity contribution in [1.29, 1.82) is 0 Å². The molecule has 0 aliphatic carbocycles. The number of benzene rings is 2. The minimum absolute atomic E-state index is 0.132. The van der Waals surface area contributed by atoms with Crippen molar-refractivity contribution in [3.8, 4) is 28.5 Å². The normalized spacial score (nSPS) is 10.8. The Morgan fingerprint density at radius 2 is 1.73 bits per heavy atom. The van der Waals surface area contributed by atoms with E-state index in [1.54, 1.807) is 36.4 Å². The standard InChI is InChI=1S/C19H13FN4O2/c20-15-3-1-2-4-16(15)24-17(9-11-21-24)19-18(26)10-12-23(22-19)13-5-7-14(25)8-6-13/h1-12,25H. The highest BCUT2D eigenvalue weighted by molar-refractivity contribution is 5.57. The summed E-state index contributed by atoms with van der Waals surface area (Å²) in [5.74, 6) is -0.320. The van der Waals surface area contributed by atoms with Gasteiger partial charge in [0, 0.05) is 12.3 Å². The highest BCUT2D eigenvalue weighted by Crippen LogP contribution is 2.21. The monoisotopic (exact) mass is 348 g/mol. The number of rotatable bonds is 3. The maximum absolute atomic E-state index is 14.1. The van der Waals surface area contributed by atoms with E-state index in [4.69, 9.17) is 0 Å². The minimum Gasteiger partial charge on any atom is -0.508 e. The zero-order chi connectivity index (χ0) is 18.1. The van der Waals surface area contributed by atoms with Crippen molar-refractivity contribution in [2.45, 2.75) is 0 Å². The molecule has 2 aromatic heterocycles. The molecule has 0 atom stereocenters. The smallest absolute Gasteiger partial charge is 0.209 e. The number of para-hydroxylation sites is 1. The van der Waals surface area contributed by atoms with Crippen LogP contribution in [0.3, 0.4) is 0 Å². The number of aromatic hydroxyl groups is 1. The average molecular weight is 348 g/mol. The summed E-state index contributed by atoms with van der Waals surface area (Å²) in [5, 5.41) is 17.9. The molecule has 0 fully saturated rings. The lowest BCUT2D eigenvalue weighted by atomic mass is 10.2. The lowest BCUT2D eigenvalue weighted by Gasteiger charge is -2.10. The predicted octanol–water partition coefficient (Wildman–Crippen LogP) is 2.93. The summed E-state index contributed by atoms with van der Waals surface area (Å²) in [5.41, 5.74) is 1.11. The van der Waals surface area contributed by atoms with Crippen LogP contribution in [0.1, 0.15) is 0 Å². The molecule has 0 aliphatic heterocycles. The molecule has 2 aromatic carbocycles. The molecule has 2 heterocycles. The van der Waals surface area contributed by atoms with Crippen molar-refractivity contribution >= 4 is 0 Å². The maximum atomic E-state index is 14.1. The van der Waals surface area contributed by atoms with Crippen molar-refractivity contribution < 1.29 is 9.50 Å². The molecule has 1 N–H and O–H groups in total. The Balaban J connectivity index is 1.86. The Kier molecular flexibility index (Phi) is 3.81. The lowest BCUT2D eigenvalue weighted by molar-refractivity contribution is 0.475. The van der Waals surface area contributed by atoms with Gasteiger partial charge in [-0.05, 0) is 42.5 Å². The van der Waals surface area contributed by atoms with Crippen LogP contribution in [0.2, 0.25) is 0 Å². The molecule has 128 valence electrons. The highest BCUT2D eigenvalue weighted by atomic mass is 19.1. The molecule has 0 amide bonds. The van der Waals surface area contributed by atoms with E-state index in [1.165, 1.54) is 46.0 Å². The first kappa shape index (κ1) is 15.8. The van der Waals surface area contributed by atoms with Crippen molar-refractivity contribution in [3.63, 3.8) is 0 Å². The summed E-state index contributed by atoms with van der Waals surface area (Å²) in [6, 6.07) is 15.6. The largest absolute Gasteiger partial charge is 0.508 e. The van der Waals surface area contributed by atoms with Gasteiger partial charge in [-0.2, -0.15) is 10.2 Å². The van der Waals surface area contributed by atoms with Crippen LogP contribution in [0.4, 0.5) is 4.39 Å². The summed E-state index contributed by atoms with van der Waals surface area (Å²) in [6.45, 7) is 0. The molecule has 0 radical (unpaired) electrons. The SMILES string of the molecule is O=c1ccn(-c2ccc(O)cc2)nc1-c1ccnn1-c1ccccc1F. The Labute approximate surface area is 147 Å². The van der Waals surface area contributed by atoms with E-state index >= 15 is 0 Å². The number of phenols is 1. The van der Waals surface area contributed by atoms with Gasteiger partial charge in [0.1, 0.15) is 17.3 Å². The fourth-order valence-electron chi connectivity index (χ4n) is 2.63. The number of halogens is 1. The number of nitrogens with zero attached hydrogens (tertiary/aromatic N) is 4. The zero-order valence-corrected chi connectivity index (χ0v) is 13.5. The van der Waals surface area contributed by atoms with Gasteiger partial charge in [-0.25, -0.2) is 13.8 Å².